The Morgan fingerprint density at radius 3 is 2.21 bits per heavy atom. The van der Waals surface area contributed by atoms with Gasteiger partial charge in [-0.25, -0.2) is 0 Å². The van der Waals surface area contributed by atoms with Gasteiger partial charge < -0.3 is 5.32 Å². The molecule has 0 saturated carbocycles. The molecular formula is C17H18N2. The van der Waals surface area contributed by atoms with Crippen LogP contribution in [0.5, 0.6) is 0 Å². The Labute approximate surface area is 114 Å². The molecule has 3 rings (SSSR count). The maximum Gasteiger partial charge on any atom is 0.0580 e. The van der Waals surface area contributed by atoms with E-state index in [0.29, 0.717) is 6.04 Å². The van der Waals surface area contributed by atoms with Crippen LogP contribution in [0.4, 0.5) is 0 Å². The van der Waals surface area contributed by atoms with Crippen LogP contribution in [0.3, 0.4) is 0 Å². The Balaban J connectivity index is 1.87. The van der Waals surface area contributed by atoms with Crippen molar-refractivity contribution in [1.29, 1.82) is 0 Å². The molecule has 1 aliphatic carbocycles. The molecule has 0 fully saturated rings. The fourth-order valence-corrected chi connectivity index (χ4v) is 2.58. The summed E-state index contributed by atoms with van der Waals surface area (Å²) in [6, 6.07) is 15.6. The second-order valence-corrected chi connectivity index (χ2v) is 4.93. The first-order valence-corrected chi connectivity index (χ1v) is 6.79. The van der Waals surface area contributed by atoms with Gasteiger partial charge >= 0.3 is 0 Å². The highest BCUT2D eigenvalue weighted by Crippen LogP contribution is 2.24. The molecule has 1 N–H and O–H groups in total. The molecule has 1 aliphatic rings. The smallest absolute Gasteiger partial charge is 0.0580 e. The van der Waals surface area contributed by atoms with Crippen molar-refractivity contribution < 1.29 is 0 Å². The largest absolute Gasteiger partial charge is 0.303 e. The van der Waals surface area contributed by atoms with Gasteiger partial charge in [0, 0.05) is 18.4 Å². The number of rotatable bonds is 4. The van der Waals surface area contributed by atoms with Crippen molar-refractivity contribution in [1.82, 2.24) is 10.3 Å². The van der Waals surface area contributed by atoms with Gasteiger partial charge in [-0.15, -0.1) is 0 Å². The average Bonchev–Trinajstić information content (AvgIpc) is 3.00. The molecule has 0 amide bonds. The highest BCUT2D eigenvalue weighted by atomic mass is 15.0. The molecule has 0 bridgehead atoms. The van der Waals surface area contributed by atoms with E-state index in [9.17, 15) is 0 Å². The Morgan fingerprint density at radius 2 is 1.53 bits per heavy atom. The first-order valence-electron chi connectivity index (χ1n) is 6.79. The Bertz CT molecular complexity index is 486. The van der Waals surface area contributed by atoms with Gasteiger partial charge in [0.05, 0.1) is 6.04 Å². The molecule has 1 aromatic heterocycles. The van der Waals surface area contributed by atoms with Crippen molar-refractivity contribution in [3.63, 3.8) is 0 Å². The van der Waals surface area contributed by atoms with Crippen molar-refractivity contribution in [2.75, 3.05) is 0 Å². The van der Waals surface area contributed by atoms with Crippen LogP contribution in [-0.4, -0.2) is 11.0 Å². The third-order valence-electron chi connectivity index (χ3n) is 3.58. The molecule has 1 unspecified atom stereocenters. The van der Waals surface area contributed by atoms with E-state index in [1.807, 2.05) is 12.4 Å². The summed E-state index contributed by atoms with van der Waals surface area (Å²) in [6.45, 7) is 0. The van der Waals surface area contributed by atoms with Crippen molar-refractivity contribution >= 4 is 0 Å². The maximum absolute atomic E-state index is 4.11. The predicted octanol–water partition coefficient (Wildman–Crippen LogP) is 3.48. The molecule has 19 heavy (non-hydrogen) atoms. The summed E-state index contributed by atoms with van der Waals surface area (Å²) < 4.78 is 0. The van der Waals surface area contributed by atoms with Crippen LogP contribution < -0.4 is 5.32 Å². The molecule has 1 heterocycles. The van der Waals surface area contributed by atoms with Crippen LogP contribution in [0.1, 0.15) is 30.0 Å². The molecule has 2 nitrogen and oxygen atoms in total. The van der Waals surface area contributed by atoms with E-state index in [0.717, 1.165) is 12.8 Å². The number of benzene rings is 1. The Kier molecular flexibility index (Phi) is 3.70. The Morgan fingerprint density at radius 1 is 0.895 bits per heavy atom. The molecule has 0 aliphatic heterocycles. The summed E-state index contributed by atoms with van der Waals surface area (Å²) in [7, 11) is 0. The van der Waals surface area contributed by atoms with Crippen molar-refractivity contribution in [2.45, 2.75) is 24.9 Å². The van der Waals surface area contributed by atoms with E-state index in [1.165, 1.54) is 11.1 Å². The van der Waals surface area contributed by atoms with E-state index in [4.69, 9.17) is 0 Å². The van der Waals surface area contributed by atoms with E-state index >= 15 is 0 Å². The van der Waals surface area contributed by atoms with Gasteiger partial charge in [0.1, 0.15) is 0 Å². The highest BCUT2D eigenvalue weighted by molar-refractivity contribution is 5.30. The van der Waals surface area contributed by atoms with E-state index in [2.05, 4.69) is 64.9 Å². The minimum Gasteiger partial charge on any atom is -0.303 e. The second kappa shape index (κ2) is 5.81. The summed E-state index contributed by atoms with van der Waals surface area (Å²) in [5.74, 6) is 0. The lowest BCUT2D eigenvalue weighted by Crippen LogP contribution is -2.31. The number of hydrogen-bond acceptors (Lipinski definition) is 2. The molecular weight excluding hydrogens is 232 g/mol. The van der Waals surface area contributed by atoms with Crippen LogP contribution in [-0.2, 0) is 0 Å². The first-order chi connectivity index (χ1) is 9.43. The van der Waals surface area contributed by atoms with E-state index in [1.54, 1.807) is 0 Å². The third kappa shape index (κ3) is 2.91. The lowest BCUT2D eigenvalue weighted by atomic mass is 9.98. The minimum atomic E-state index is 0.245. The zero-order chi connectivity index (χ0) is 12.9. The first kappa shape index (κ1) is 12.1. The van der Waals surface area contributed by atoms with Crippen LogP contribution in [0.25, 0.3) is 0 Å². The number of nitrogens with one attached hydrogen (secondary N) is 1. The molecule has 96 valence electrons. The normalized spacial score (nSPS) is 16.6. The molecule has 2 heteroatoms. The number of pyridine rings is 1. The number of hydrogen-bond donors (Lipinski definition) is 1. The van der Waals surface area contributed by atoms with Crippen LogP contribution >= 0.6 is 0 Å². The fourth-order valence-electron chi connectivity index (χ4n) is 2.58. The van der Waals surface area contributed by atoms with Gasteiger partial charge in [-0.05, 0) is 36.1 Å². The average molecular weight is 250 g/mol. The van der Waals surface area contributed by atoms with E-state index < -0.39 is 0 Å². The molecule has 1 aromatic carbocycles. The van der Waals surface area contributed by atoms with E-state index in [-0.39, 0.29) is 6.04 Å². The maximum atomic E-state index is 4.11. The summed E-state index contributed by atoms with van der Waals surface area (Å²) in [5.41, 5.74) is 2.58. The van der Waals surface area contributed by atoms with Crippen LogP contribution in [0, 0.1) is 0 Å². The quantitative estimate of drug-likeness (QED) is 0.840. The predicted molar refractivity (Wildman–Crippen MR) is 77.8 cm³/mol. The van der Waals surface area contributed by atoms with Gasteiger partial charge in [-0.1, -0.05) is 42.5 Å². The SMILES string of the molecule is C1=CCC(NC(c2ccccc2)c2ccncc2)C1. The summed E-state index contributed by atoms with van der Waals surface area (Å²) in [4.78, 5) is 4.11. The van der Waals surface area contributed by atoms with Gasteiger partial charge in [0.15, 0.2) is 0 Å². The van der Waals surface area contributed by atoms with Crippen molar-refractivity contribution in [2.24, 2.45) is 0 Å². The van der Waals surface area contributed by atoms with Crippen LogP contribution in [0.15, 0.2) is 67.0 Å². The van der Waals surface area contributed by atoms with Gasteiger partial charge in [-0.2, -0.15) is 0 Å². The van der Waals surface area contributed by atoms with Crippen molar-refractivity contribution in [3.05, 3.63) is 78.1 Å². The lowest BCUT2D eigenvalue weighted by Gasteiger charge is -2.24. The number of aromatic nitrogens is 1. The molecule has 0 saturated heterocycles. The van der Waals surface area contributed by atoms with Crippen molar-refractivity contribution in [3.8, 4) is 0 Å². The minimum absolute atomic E-state index is 0.245. The summed E-state index contributed by atoms with van der Waals surface area (Å²) >= 11 is 0. The summed E-state index contributed by atoms with van der Waals surface area (Å²) in [5, 5.41) is 3.76. The zero-order valence-electron chi connectivity index (χ0n) is 10.9. The third-order valence-corrected chi connectivity index (χ3v) is 3.58. The monoisotopic (exact) mass is 250 g/mol. The zero-order valence-corrected chi connectivity index (χ0v) is 10.9. The molecule has 1 atom stereocenters. The number of nitrogens with zero attached hydrogens (tertiary/aromatic N) is 1. The molecule has 0 radical (unpaired) electrons. The standard InChI is InChI=1S/C17H18N2/c1-2-6-14(7-3-1)17(15-10-12-18-13-11-15)19-16-8-4-5-9-16/h1-7,10-13,16-17,19H,8-9H2. The Hall–Kier alpha value is -1.93. The second-order valence-electron chi connectivity index (χ2n) is 4.93. The van der Waals surface area contributed by atoms with Crippen LogP contribution in [0.2, 0.25) is 0 Å². The van der Waals surface area contributed by atoms with Gasteiger partial charge in [0.2, 0.25) is 0 Å². The lowest BCUT2D eigenvalue weighted by molar-refractivity contribution is 0.490. The van der Waals surface area contributed by atoms with Gasteiger partial charge in [-0.3, -0.25) is 4.98 Å². The molecule has 0 spiro atoms. The highest BCUT2D eigenvalue weighted by Gasteiger charge is 2.19. The topological polar surface area (TPSA) is 24.9 Å². The summed E-state index contributed by atoms with van der Waals surface area (Å²) in [6.07, 6.45) is 10.5. The van der Waals surface area contributed by atoms with Gasteiger partial charge in [0.25, 0.3) is 0 Å². The molecule has 2 aromatic rings. The fraction of sp³-hybridized carbons (Fsp3) is 0.235.